The van der Waals surface area contributed by atoms with E-state index >= 15 is 0 Å². The van der Waals surface area contributed by atoms with Crippen molar-refractivity contribution in [2.75, 3.05) is 4.90 Å². The Morgan fingerprint density at radius 2 is 1.08 bits per heavy atom. The number of benzene rings is 2. The van der Waals surface area contributed by atoms with Gasteiger partial charge in [0.25, 0.3) is 12.9 Å². The standard InChI is InChI=1S/C41H38N4O4S/c1-40(2,3)28-7-11-30(12-8-28)45(31-13-9-29(10-14-31)41(4,5)6)39-16-15-38(50-39)27-17-19-42-34(21-27)36-23-33(49-26-47)24-37(44-36)35-22-32(48-25-46)18-20-43-35/h7-26H,1-6H3. The lowest BCUT2D eigenvalue weighted by atomic mass is 9.87. The second-order valence-electron chi connectivity index (χ2n) is 13.9. The number of carbonyl (C=O) groups is 2. The Labute approximate surface area is 296 Å². The Balaban J connectivity index is 1.38. The number of thiophene rings is 1. The maximum atomic E-state index is 11.3. The van der Waals surface area contributed by atoms with E-state index in [0.29, 0.717) is 41.5 Å². The van der Waals surface area contributed by atoms with E-state index in [1.165, 1.54) is 17.3 Å². The maximum absolute atomic E-state index is 11.3. The molecule has 0 aliphatic carbocycles. The normalized spacial score (nSPS) is 11.6. The molecule has 0 unspecified atom stereocenters. The van der Waals surface area contributed by atoms with Crippen LogP contribution < -0.4 is 14.4 Å². The SMILES string of the molecule is CC(C)(C)c1ccc(N(c2ccc(C(C)(C)C)cc2)c2ccc(-c3ccnc(-c4cc(OC=O)cc(-c5cc(OC=O)ccn5)n4)c3)s2)cc1. The van der Waals surface area contributed by atoms with E-state index in [1.807, 2.05) is 12.1 Å². The number of aromatic nitrogens is 3. The highest BCUT2D eigenvalue weighted by Gasteiger charge is 2.20. The lowest BCUT2D eigenvalue weighted by Crippen LogP contribution is -2.13. The van der Waals surface area contributed by atoms with Crippen LogP contribution in [0.1, 0.15) is 52.7 Å². The first-order chi connectivity index (χ1) is 23.9. The minimum absolute atomic E-state index is 0.0483. The topological polar surface area (TPSA) is 94.5 Å². The molecule has 9 heteroatoms. The number of anilines is 3. The summed E-state index contributed by atoms with van der Waals surface area (Å²) in [6.45, 7) is 14.0. The first-order valence-corrected chi connectivity index (χ1v) is 17.0. The van der Waals surface area contributed by atoms with Crippen molar-refractivity contribution in [3.63, 3.8) is 0 Å². The largest absolute Gasteiger partial charge is 0.429 e. The highest BCUT2D eigenvalue weighted by molar-refractivity contribution is 7.19. The van der Waals surface area contributed by atoms with Gasteiger partial charge in [0.05, 0.1) is 22.8 Å². The van der Waals surface area contributed by atoms with Gasteiger partial charge in [-0.15, -0.1) is 11.3 Å². The van der Waals surface area contributed by atoms with Crippen molar-refractivity contribution in [1.82, 2.24) is 15.0 Å². The summed E-state index contributed by atoms with van der Waals surface area (Å²) in [4.78, 5) is 39.3. The van der Waals surface area contributed by atoms with E-state index in [1.54, 1.807) is 41.8 Å². The Morgan fingerprint density at radius 3 is 1.62 bits per heavy atom. The third kappa shape index (κ3) is 7.63. The summed E-state index contributed by atoms with van der Waals surface area (Å²) in [5, 5.41) is 1.07. The summed E-state index contributed by atoms with van der Waals surface area (Å²) in [6.07, 6.45) is 3.25. The molecule has 0 amide bonds. The molecule has 0 atom stereocenters. The molecule has 0 aliphatic heterocycles. The number of carbonyl (C=O) groups excluding carboxylic acids is 2. The van der Waals surface area contributed by atoms with Crippen molar-refractivity contribution in [3.8, 4) is 44.7 Å². The average Bonchev–Trinajstić information content (AvgIpc) is 3.58. The Morgan fingerprint density at radius 1 is 0.580 bits per heavy atom. The fraction of sp³-hybridized carbons (Fsp3) is 0.195. The fourth-order valence-corrected chi connectivity index (χ4v) is 6.57. The smallest absolute Gasteiger partial charge is 0.298 e. The van der Waals surface area contributed by atoms with Gasteiger partial charge in [0, 0.05) is 46.8 Å². The molecule has 0 fully saturated rings. The van der Waals surface area contributed by atoms with Gasteiger partial charge < -0.3 is 14.4 Å². The molecule has 8 nitrogen and oxygen atoms in total. The van der Waals surface area contributed by atoms with Crippen LogP contribution in [0.3, 0.4) is 0 Å². The van der Waals surface area contributed by atoms with E-state index in [4.69, 9.17) is 14.5 Å². The summed E-state index contributed by atoms with van der Waals surface area (Å²) in [5.41, 5.74) is 7.69. The van der Waals surface area contributed by atoms with Crippen LogP contribution in [0, 0.1) is 0 Å². The van der Waals surface area contributed by atoms with Gasteiger partial charge in [-0.25, -0.2) is 4.98 Å². The number of pyridine rings is 3. The van der Waals surface area contributed by atoms with Crippen LogP contribution in [0.2, 0.25) is 0 Å². The molecule has 0 radical (unpaired) electrons. The van der Waals surface area contributed by atoms with Crippen molar-refractivity contribution in [1.29, 1.82) is 0 Å². The second kappa shape index (κ2) is 14.1. The Bertz CT molecular complexity index is 2070. The Kier molecular flexibility index (Phi) is 9.61. The predicted molar refractivity (Wildman–Crippen MR) is 199 cm³/mol. The molecule has 0 aliphatic rings. The van der Waals surface area contributed by atoms with Crippen LogP contribution >= 0.6 is 11.3 Å². The third-order valence-electron chi connectivity index (χ3n) is 8.26. The third-order valence-corrected chi connectivity index (χ3v) is 9.38. The van der Waals surface area contributed by atoms with Gasteiger partial charge in [-0.3, -0.25) is 19.6 Å². The molecule has 50 heavy (non-hydrogen) atoms. The zero-order chi connectivity index (χ0) is 35.5. The predicted octanol–water partition coefficient (Wildman–Crippen LogP) is 10.1. The fourth-order valence-electron chi connectivity index (χ4n) is 5.52. The van der Waals surface area contributed by atoms with Crippen LogP contribution in [0.25, 0.3) is 33.2 Å². The maximum Gasteiger partial charge on any atom is 0.298 e. The molecule has 0 bridgehead atoms. The molecule has 0 saturated heterocycles. The second-order valence-corrected chi connectivity index (χ2v) is 14.9. The van der Waals surface area contributed by atoms with Crippen molar-refractivity contribution in [2.24, 2.45) is 0 Å². The number of rotatable bonds is 10. The van der Waals surface area contributed by atoms with Gasteiger partial charge in [-0.1, -0.05) is 65.8 Å². The van der Waals surface area contributed by atoms with Crippen molar-refractivity contribution in [2.45, 2.75) is 52.4 Å². The zero-order valence-electron chi connectivity index (χ0n) is 28.9. The summed E-state index contributed by atoms with van der Waals surface area (Å²) < 4.78 is 10.2. The summed E-state index contributed by atoms with van der Waals surface area (Å²) in [6, 6.07) is 32.2. The first kappa shape index (κ1) is 34.2. The summed E-state index contributed by atoms with van der Waals surface area (Å²) >= 11 is 1.68. The first-order valence-electron chi connectivity index (χ1n) is 16.2. The summed E-state index contributed by atoms with van der Waals surface area (Å²) in [5.74, 6) is 0.590. The average molecular weight is 683 g/mol. The molecule has 6 rings (SSSR count). The Hall–Kier alpha value is -5.67. The zero-order valence-corrected chi connectivity index (χ0v) is 29.7. The van der Waals surface area contributed by atoms with Crippen LogP contribution in [0.4, 0.5) is 16.4 Å². The molecule has 252 valence electrons. The molecule has 4 aromatic heterocycles. The van der Waals surface area contributed by atoms with Crippen molar-refractivity contribution < 1.29 is 19.1 Å². The summed E-state index contributed by atoms with van der Waals surface area (Å²) in [7, 11) is 0. The molecule has 4 heterocycles. The van der Waals surface area contributed by atoms with Gasteiger partial charge in [0.15, 0.2) is 0 Å². The van der Waals surface area contributed by atoms with E-state index in [0.717, 1.165) is 26.8 Å². The molecule has 0 N–H and O–H groups in total. The number of ether oxygens (including phenoxy) is 2. The minimum Gasteiger partial charge on any atom is -0.429 e. The molecule has 2 aromatic carbocycles. The molecule has 6 aromatic rings. The highest BCUT2D eigenvalue weighted by atomic mass is 32.1. The van der Waals surface area contributed by atoms with E-state index < -0.39 is 0 Å². The van der Waals surface area contributed by atoms with Gasteiger partial charge >= 0.3 is 0 Å². The van der Waals surface area contributed by atoms with Crippen LogP contribution in [-0.4, -0.2) is 27.9 Å². The van der Waals surface area contributed by atoms with Crippen molar-refractivity contribution >= 4 is 40.7 Å². The monoisotopic (exact) mass is 682 g/mol. The van der Waals surface area contributed by atoms with Crippen LogP contribution in [0.5, 0.6) is 11.5 Å². The van der Waals surface area contributed by atoms with Gasteiger partial charge in [-0.2, -0.15) is 0 Å². The molecule has 0 saturated carbocycles. The molecular formula is C41H38N4O4S. The van der Waals surface area contributed by atoms with E-state index in [-0.39, 0.29) is 16.6 Å². The van der Waals surface area contributed by atoms with Gasteiger partial charge in [-0.05, 0) is 82.1 Å². The number of hydrogen-bond acceptors (Lipinski definition) is 9. The van der Waals surface area contributed by atoms with E-state index in [9.17, 15) is 9.59 Å². The minimum atomic E-state index is 0.0483. The number of nitrogens with zero attached hydrogens (tertiary/aromatic N) is 4. The van der Waals surface area contributed by atoms with Crippen molar-refractivity contribution in [3.05, 3.63) is 121 Å². The quantitative estimate of drug-likeness (QED) is 0.132. The van der Waals surface area contributed by atoms with E-state index in [2.05, 4.69) is 117 Å². The highest BCUT2D eigenvalue weighted by Crippen LogP contribution is 2.43. The molecular weight excluding hydrogens is 645 g/mol. The molecule has 0 spiro atoms. The van der Waals surface area contributed by atoms with Crippen LogP contribution in [0.15, 0.2) is 109 Å². The van der Waals surface area contributed by atoms with Gasteiger partial charge in [0.1, 0.15) is 16.5 Å². The van der Waals surface area contributed by atoms with Crippen LogP contribution in [-0.2, 0) is 20.4 Å². The van der Waals surface area contributed by atoms with Gasteiger partial charge in [0.2, 0.25) is 0 Å². The lowest BCUT2D eigenvalue weighted by Gasteiger charge is -2.26. The number of hydrogen-bond donors (Lipinski definition) is 0. The lowest BCUT2D eigenvalue weighted by molar-refractivity contribution is -0.121.